The van der Waals surface area contributed by atoms with E-state index in [4.69, 9.17) is 9.47 Å². The van der Waals surface area contributed by atoms with Crippen LogP contribution in [0, 0.1) is 0 Å². The summed E-state index contributed by atoms with van der Waals surface area (Å²) in [6.07, 6.45) is 105. The molecule has 554 valence electrons. The van der Waals surface area contributed by atoms with E-state index in [1.807, 2.05) is 6.08 Å². The fraction of sp³-hybridized carbons (Fsp3) is 0.759. The maximum atomic E-state index is 13.2. The van der Waals surface area contributed by atoms with E-state index in [-0.39, 0.29) is 12.5 Å². The van der Waals surface area contributed by atoms with Crippen molar-refractivity contribution in [3.05, 3.63) is 122 Å². The van der Waals surface area contributed by atoms with Crippen molar-refractivity contribution in [2.45, 2.75) is 410 Å². The maximum Gasteiger partial charge on any atom is 0.220 e. The van der Waals surface area contributed by atoms with Gasteiger partial charge < -0.3 is 40.3 Å². The summed E-state index contributed by atoms with van der Waals surface area (Å²) in [7, 11) is 0. The second-order valence-electron chi connectivity index (χ2n) is 27.8. The molecule has 0 spiro atoms. The second-order valence-corrected chi connectivity index (χ2v) is 27.8. The Morgan fingerprint density at radius 3 is 1.00 bits per heavy atom. The van der Waals surface area contributed by atoms with Crippen LogP contribution in [0.15, 0.2) is 122 Å². The van der Waals surface area contributed by atoms with Crippen molar-refractivity contribution < 1.29 is 39.8 Å². The molecule has 6 N–H and O–H groups in total. The molecule has 7 atom stereocenters. The lowest BCUT2D eigenvalue weighted by Gasteiger charge is -2.40. The average molecular weight is 1340 g/mol. The van der Waals surface area contributed by atoms with Crippen molar-refractivity contribution in [2.24, 2.45) is 0 Å². The number of aliphatic hydroxyl groups excluding tert-OH is 5. The zero-order valence-corrected chi connectivity index (χ0v) is 62.4. The number of hydrogen-bond acceptors (Lipinski definition) is 8. The number of carbonyl (C=O) groups excluding carboxylic acids is 1. The van der Waals surface area contributed by atoms with Gasteiger partial charge in [0.2, 0.25) is 5.91 Å². The predicted molar refractivity (Wildman–Crippen MR) is 414 cm³/mol. The van der Waals surface area contributed by atoms with Crippen LogP contribution < -0.4 is 5.32 Å². The first-order chi connectivity index (χ1) is 47.3. The Morgan fingerprint density at radius 1 is 0.365 bits per heavy atom. The standard InChI is InChI=1S/C87H153NO8/c1-3-5-7-9-11-13-15-17-19-21-23-25-27-29-31-33-35-37-38-39-40-41-42-43-44-45-47-49-51-53-55-57-59-61-63-65-67-69-71-73-75-77-83(91)88-80(79-95-87-86(94)85(93)84(92)82(78-89)96-87)81(90)76-74-72-70-68-66-64-62-60-58-56-54-52-50-48-46-36-34-32-30-28-26-24-22-20-18-16-14-12-10-8-6-4-2/h5,7,11,13,17,19,23,25,29,31,35,37,39-40,42-43,66,68,74,76,80-82,84-87,89-90,92-94H,3-4,6,8-10,12,14-16,18,20-22,24,26-28,30,32-34,36,38,41,44-65,67,69-73,75,77-79H2,1-2H3,(H,88,91)/b7-5-,13-11-,19-17-,25-23-,31-29-,37-35-,40-39-,43-42-,68-66+,76-74+. The minimum atomic E-state index is -1.58. The van der Waals surface area contributed by atoms with Gasteiger partial charge in [-0.15, -0.1) is 0 Å². The van der Waals surface area contributed by atoms with Crippen molar-refractivity contribution >= 4 is 5.91 Å². The van der Waals surface area contributed by atoms with Gasteiger partial charge in [0.25, 0.3) is 0 Å². The van der Waals surface area contributed by atoms with Gasteiger partial charge in [-0.3, -0.25) is 4.79 Å². The molecule has 7 unspecified atom stereocenters. The smallest absolute Gasteiger partial charge is 0.220 e. The number of nitrogens with one attached hydrogen (secondary N) is 1. The van der Waals surface area contributed by atoms with Crippen LogP contribution in [0.2, 0.25) is 0 Å². The van der Waals surface area contributed by atoms with Gasteiger partial charge in [0.15, 0.2) is 6.29 Å². The maximum absolute atomic E-state index is 13.2. The minimum absolute atomic E-state index is 0.185. The van der Waals surface area contributed by atoms with Gasteiger partial charge in [-0.05, 0) is 96.3 Å². The monoisotopic (exact) mass is 1340 g/mol. The third-order valence-corrected chi connectivity index (χ3v) is 18.8. The molecule has 1 amide bonds. The lowest BCUT2D eigenvalue weighted by molar-refractivity contribution is -0.302. The number of unbranched alkanes of at least 4 members (excludes halogenated alkanes) is 43. The molecule has 0 saturated carbocycles. The van der Waals surface area contributed by atoms with Gasteiger partial charge in [0.1, 0.15) is 24.4 Å². The van der Waals surface area contributed by atoms with Crippen LogP contribution in [0.5, 0.6) is 0 Å². The molecule has 1 aliphatic heterocycles. The molecule has 0 aromatic rings. The van der Waals surface area contributed by atoms with Gasteiger partial charge in [-0.2, -0.15) is 0 Å². The minimum Gasteiger partial charge on any atom is -0.394 e. The fourth-order valence-electron chi connectivity index (χ4n) is 12.5. The van der Waals surface area contributed by atoms with Crippen molar-refractivity contribution in [1.82, 2.24) is 5.32 Å². The highest BCUT2D eigenvalue weighted by atomic mass is 16.7. The topological polar surface area (TPSA) is 149 Å². The highest BCUT2D eigenvalue weighted by molar-refractivity contribution is 5.76. The van der Waals surface area contributed by atoms with E-state index in [0.29, 0.717) is 6.42 Å². The Hall–Kier alpha value is -3.41. The van der Waals surface area contributed by atoms with Crippen LogP contribution in [0.3, 0.4) is 0 Å². The Balaban J connectivity index is 2.09. The summed E-state index contributed by atoms with van der Waals surface area (Å²) in [4.78, 5) is 13.2. The molecule has 1 fully saturated rings. The molecule has 1 aliphatic rings. The van der Waals surface area contributed by atoms with Crippen molar-refractivity contribution in [3.63, 3.8) is 0 Å². The van der Waals surface area contributed by atoms with E-state index >= 15 is 0 Å². The molecular formula is C87H153NO8. The number of rotatable bonds is 71. The number of aliphatic hydroxyl groups is 5. The lowest BCUT2D eigenvalue weighted by Crippen LogP contribution is -2.60. The van der Waals surface area contributed by atoms with Gasteiger partial charge in [0, 0.05) is 6.42 Å². The van der Waals surface area contributed by atoms with Crippen LogP contribution in [0.1, 0.15) is 367 Å². The summed E-state index contributed by atoms with van der Waals surface area (Å²) in [5.74, 6) is -0.185. The van der Waals surface area contributed by atoms with E-state index in [0.717, 1.165) is 89.9 Å². The Labute approximate surface area is 592 Å². The second kappa shape index (κ2) is 74.3. The summed E-state index contributed by atoms with van der Waals surface area (Å²) >= 11 is 0. The van der Waals surface area contributed by atoms with Gasteiger partial charge in [0.05, 0.1) is 25.4 Å². The zero-order valence-electron chi connectivity index (χ0n) is 62.4. The van der Waals surface area contributed by atoms with Crippen molar-refractivity contribution in [3.8, 4) is 0 Å². The number of hydrogen-bond donors (Lipinski definition) is 6. The third-order valence-electron chi connectivity index (χ3n) is 18.8. The van der Waals surface area contributed by atoms with E-state index in [1.165, 1.54) is 257 Å². The van der Waals surface area contributed by atoms with Crippen LogP contribution in [0.4, 0.5) is 0 Å². The Bertz CT molecular complexity index is 1950. The quantitative estimate of drug-likeness (QED) is 0.0261. The molecule has 9 heteroatoms. The molecule has 0 aromatic heterocycles. The summed E-state index contributed by atoms with van der Waals surface area (Å²) in [5.41, 5.74) is 0. The third kappa shape index (κ3) is 61.7. The molecule has 0 radical (unpaired) electrons. The molecule has 1 heterocycles. The first kappa shape index (κ1) is 90.6. The summed E-state index contributed by atoms with van der Waals surface area (Å²) in [5, 5.41) is 54.9. The molecule has 96 heavy (non-hydrogen) atoms. The number of amides is 1. The van der Waals surface area contributed by atoms with Crippen LogP contribution in [-0.4, -0.2) is 87.5 Å². The van der Waals surface area contributed by atoms with E-state index < -0.39 is 49.5 Å². The SMILES string of the molecule is CC/C=C\C/C=C\C/C=C\C/C=C\C/C=C\C/C=C\C/C=C\C/C=C\CCCCCCCCCCCCCCCCCCC(=O)NC(COC1OC(CO)C(O)C(O)C1O)C(O)/C=C/CC/C=C/CCCCCCCCCCCCCCCCCCCCCCCCCCCC. The number of allylic oxidation sites excluding steroid dienone is 19. The Morgan fingerprint density at radius 2 is 0.656 bits per heavy atom. The highest BCUT2D eigenvalue weighted by Crippen LogP contribution is 2.24. The average Bonchev–Trinajstić information content (AvgIpc) is 0.840. The van der Waals surface area contributed by atoms with Crippen LogP contribution in [-0.2, 0) is 14.3 Å². The van der Waals surface area contributed by atoms with Gasteiger partial charge in [-0.25, -0.2) is 0 Å². The summed E-state index contributed by atoms with van der Waals surface area (Å²) in [6, 6.07) is -0.830. The van der Waals surface area contributed by atoms with Crippen molar-refractivity contribution in [1.29, 1.82) is 0 Å². The predicted octanol–water partition coefficient (Wildman–Crippen LogP) is 23.7. The normalized spacial score (nSPS) is 18.1. The molecule has 0 aromatic carbocycles. The molecule has 1 rings (SSSR count). The number of ether oxygens (including phenoxy) is 2. The van der Waals surface area contributed by atoms with Gasteiger partial charge in [-0.1, -0.05) is 386 Å². The Kier molecular flexibility index (Phi) is 70.1. The van der Waals surface area contributed by atoms with E-state index in [1.54, 1.807) is 6.08 Å². The molecule has 9 nitrogen and oxygen atoms in total. The van der Waals surface area contributed by atoms with Gasteiger partial charge >= 0.3 is 0 Å². The van der Waals surface area contributed by atoms with E-state index in [2.05, 4.69) is 129 Å². The highest BCUT2D eigenvalue weighted by Gasteiger charge is 2.44. The summed E-state index contributed by atoms with van der Waals surface area (Å²) in [6.45, 7) is 3.69. The zero-order chi connectivity index (χ0) is 69.2. The lowest BCUT2D eigenvalue weighted by atomic mass is 9.99. The first-order valence-electron chi connectivity index (χ1n) is 40.8. The molecule has 0 bridgehead atoms. The van der Waals surface area contributed by atoms with Crippen LogP contribution in [0.25, 0.3) is 0 Å². The van der Waals surface area contributed by atoms with Crippen LogP contribution >= 0.6 is 0 Å². The first-order valence-corrected chi connectivity index (χ1v) is 40.8. The fourth-order valence-corrected chi connectivity index (χ4v) is 12.5. The van der Waals surface area contributed by atoms with E-state index in [9.17, 15) is 30.3 Å². The largest absolute Gasteiger partial charge is 0.394 e. The number of carbonyl (C=O) groups is 1. The van der Waals surface area contributed by atoms with Crippen molar-refractivity contribution in [2.75, 3.05) is 13.2 Å². The molecule has 1 saturated heterocycles. The summed E-state index contributed by atoms with van der Waals surface area (Å²) < 4.78 is 11.3. The molecular weight excluding hydrogens is 1190 g/mol. The molecule has 0 aliphatic carbocycles.